The Bertz CT molecular complexity index is 496. The minimum absolute atomic E-state index is 0.325. The molecule has 1 saturated carbocycles. The first-order chi connectivity index (χ1) is 9.06. The summed E-state index contributed by atoms with van der Waals surface area (Å²) in [6.07, 6.45) is 6.46. The van der Waals surface area contributed by atoms with Gasteiger partial charge in [-0.25, -0.2) is 0 Å². The molecule has 102 valence electrons. The van der Waals surface area contributed by atoms with Gasteiger partial charge in [-0.05, 0) is 37.7 Å². The zero-order valence-corrected chi connectivity index (χ0v) is 12.1. The predicted octanol–water partition coefficient (Wildman–Crippen LogP) is 3.35. The minimum atomic E-state index is 0.325. The lowest BCUT2D eigenvalue weighted by Gasteiger charge is -2.33. The molecule has 4 nitrogen and oxygen atoms in total. The lowest BCUT2D eigenvalue weighted by molar-refractivity contribution is 0.233. The Balaban J connectivity index is 2.12. The fourth-order valence-corrected chi connectivity index (χ4v) is 2.75. The average molecular weight is 258 g/mol. The van der Waals surface area contributed by atoms with Gasteiger partial charge in [-0.3, -0.25) is 0 Å². The lowest BCUT2D eigenvalue weighted by Crippen LogP contribution is -2.29. The fourth-order valence-electron chi connectivity index (χ4n) is 2.75. The van der Waals surface area contributed by atoms with Crippen molar-refractivity contribution in [2.45, 2.75) is 52.9 Å². The van der Waals surface area contributed by atoms with Gasteiger partial charge in [0.15, 0.2) is 5.82 Å². The molecule has 19 heavy (non-hydrogen) atoms. The highest BCUT2D eigenvalue weighted by molar-refractivity contribution is 5.55. The Hall–Kier alpha value is -1.63. The van der Waals surface area contributed by atoms with E-state index in [9.17, 15) is 5.26 Å². The molecule has 1 aromatic rings. The molecule has 1 N–H and O–H groups in total. The van der Waals surface area contributed by atoms with E-state index in [0.717, 1.165) is 17.8 Å². The second kappa shape index (κ2) is 5.56. The third-order valence-electron chi connectivity index (χ3n) is 4.31. The summed E-state index contributed by atoms with van der Waals surface area (Å²) in [5.74, 6) is 0.636. The van der Waals surface area contributed by atoms with Crippen molar-refractivity contribution in [1.29, 1.82) is 5.26 Å². The number of rotatable bonds is 3. The molecule has 1 heterocycles. The van der Waals surface area contributed by atoms with Crippen molar-refractivity contribution in [3.63, 3.8) is 0 Å². The Labute approximate surface area is 115 Å². The first-order valence-corrected chi connectivity index (χ1v) is 7.04. The van der Waals surface area contributed by atoms with E-state index in [1.165, 1.54) is 32.1 Å². The summed E-state index contributed by atoms with van der Waals surface area (Å²) < 4.78 is 0. The molecule has 2 rings (SSSR count). The number of hydrogen-bond acceptors (Lipinski definition) is 4. The number of aryl methyl sites for hydroxylation is 1. The van der Waals surface area contributed by atoms with Crippen LogP contribution in [0.5, 0.6) is 0 Å². The highest BCUT2D eigenvalue weighted by Gasteiger charge is 2.27. The van der Waals surface area contributed by atoms with E-state index < -0.39 is 0 Å². The molecule has 0 bridgehead atoms. The summed E-state index contributed by atoms with van der Waals surface area (Å²) in [6.45, 7) is 7.00. The van der Waals surface area contributed by atoms with Gasteiger partial charge in [-0.15, -0.1) is 5.10 Å². The standard InChI is InChI=1S/C15H22N4/c1-11-12(2)18-19-14(13(11)9-16)17-10-15(3)7-5-4-6-8-15/h4-8,10H2,1-3H3,(H,17,19). The number of nitrogens with one attached hydrogen (secondary N) is 1. The van der Waals surface area contributed by atoms with Gasteiger partial charge in [0, 0.05) is 6.54 Å². The zero-order chi connectivity index (χ0) is 13.9. The quantitative estimate of drug-likeness (QED) is 0.903. The lowest BCUT2D eigenvalue weighted by atomic mass is 9.76. The largest absolute Gasteiger partial charge is 0.367 e. The van der Waals surface area contributed by atoms with Crippen LogP contribution in [0, 0.1) is 30.6 Å². The minimum Gasteiger partial charge on any atom is -0.367 e. The van der Waals surface area contributed by atoms with Crippen LogP contribution in [0.1, 0.15) is 55.8 Å². The molecule has 0 unspecified atom stereocenters. The predicted molar refractivity (Wildman–Crippen MR) is 75.9 cm³/mol. The Morgan fingerprint density at radius 2 is 1.89 bits per heavy atom. The van der Waals surface area contributed by atoms with Gasteiger partial charge in [0.2, 0.25) is 0 Å². The van der Waals surface area contributed by atoms with E-state index in [1.54, 1.807) is 0 Å². The molecule has 0 aromatic carbocycles. The molecule has 0 spiro atoms. The zero-order valence-electron chi connectivity index (χ0n) is 12.1. The summed E-state index contributed by atoms with van der Waals surface area (Å²) in [7, 11) is 0. The highest BCUT2D eigenvalue weighted by atomic mass is 15.2. The molecule has 4 heteroatoms. The maximum Gasteiger partial charge on any atom is 0.166 e. The van der Waals surface area contributed by atoms with Crippen molar-refractivity contribution in [1.82, 2.24) is 10.2 Å². The van der Waals surface area contributed by atoms with E-state index in [-0.39, 0.29) is 0 Å². The van der Waals surface area contributed by atoms with Crippen LogP contribution in [0.3, 0.4) is 0 Å². The van der Waals surface area contributed by atoms with Crippen LogP contribution >= 0.6 is 0 Å². The molecular weight excluding hydrogens is 236 g/mol. The van der Waals surface area contributed by atoms with E-state index in [4.69, 9.17) is 0 Å². The summed E-state index contributed by atoms with van der Waals surface area (Å²) in [6, 6.07) is 2.24. The number of anilines is 1. The van der Waals surface area contributed by atoms with E-state index in [0.29, 0.717) is 16.8 Å². The van der Waals surface area contributed by atoms with Crippen molar-refractivity contribution in [2.75, 3.05) is 11.9 Å². The fraction of sp³-hybridized carbons (Fsp3) is 0.667. The summed E-state index contributed by atoms with van der Waals surface area (Å²) in [4.78, 5) is 0. The second-order valence-electron chi connectivity index (χ2n) is 5.97. The first kappa shape index (κ1) is 13.8. The molecule has 0 amide bonds. The number of hydrogen-bond donors (Lipinski definition) is 1. The van der Waals surface area contributed by atoms with Crippen LogP contribution in [0.4, 0.5) is 5.82 Å². The molecule has 0 atom stereocenters. The van der Waals surface area contributed by atoms with Crippen LogP contribution < -0.4 is 5.32 Å². The smallest absolute Gasteiger partial charge is 0.166 e. The van der Waals surface area contributed by atoms with Crippen LogP contribution in [0.25, 0.3) is 0 Å². The van der Waals surface area contributed by atoms with Gasteiger partial charge >= 0.3 is 0 Å². The third-order valence-corrected chi connectivity index (χ3v) is 4.31. The molecular formula is C15H22N4. The summed E-state index contributed by atoms with van der Waals surface area (Å²) >= 11 is 0. The Morgan fingerprint density at radius 3 is 2.53 bits per heavy atom. The topological polar surface area (TPSA) is 61.6 Å². The highest BCUT2D eigenvalue weighted by Crippen LogP contribution is 2.35. The number of nitrogens with zero attached hydrogens (tertiary/aromatic N) is 3. The molecule has 1 aromatic heterocycles. The monoisotopic (exact) mass is 258 g/mol. The van der Waals surface area contributed by atoms with Crippen molar-refractivity contribution in [3.05, 3.63) is 16.8 Å². The van der Waals surface area contributed by atoms with Crippen LogP contribution in [-0.2, 0) is 0 Å². The van der Waals surface area contributed by atoms with Gasteiger partial charge in [0.1, 0.15) is 11.6 Å². The molecule has 0 aliphatic heterocycles. The van der Waals surface area contributed by atoms with Crippen LogP contribution in [-0.4, -0.2) is 16.7 Å². The molecule has 0 radical (unpaired) electrons. The maximum absolute atomic E-state index is 9.27. The van der Waals surface area contributed by atoms with Gasteiger partial charge in [0.05, 0.1) is 5.69 Å². The summed E-state index contributed by atoms with van der Waals surface area (Å²) in [5.41, 5.74) is 2.71. The first-order valence-electron chi connectivity index (χ1n) is 7.04. The SMILES string of the molecule is Cc1nnc(NCC2(C)CCCCC2)c(C#N)c1C. The van der Waals surface area contributed by atoms with Crippen molar-refractivity contribution < 1.29 is 0 Å². The van der Waals surface area contributed by atoms with E-state index in [2.05, 4.69) is 28.5 Å². The van der Waals surface area contributed by atoms with Gasteiger partial charge < -0.3 is 5.32 Å². The number of nitriles is 1. The molecule has 1 aliphatic carbocycles. The van der Waals surface area contributed by atoms with Gasteiger partial charge in [0.25, 0.3) is 0 Å². The maximum atomic E-state index is 9.27. The molecule has 0 saturated heterocycles. The summed E-state index contributed by atoms with van der Waals surface area (Å²) in [5, 5.41) is 20.9. The molecule has 1 fully saturated rings. The van der Waals surface area contributed by atoms with Crippen LogP contribution in [0.15, 0.2) is 0 Å². The van der Waals surface area contributed by atoms with E-state index >= 15 is 0 Å². The van der Waals surface area contributed by atoms with Crippen molar-refractivity contribution >= 4 is 5.82 Å². The van der Waals surface area contributed by atoms with Gasteiger partial charge in [-0.2, -0.15) is 10.4 Å². The Morgan fingerprint density at radius 1 is 1.21 bits per heavy atom. The molecule has 1 aliphatic rings. The average Bonchev–Trinajstić information content (AvgIpc) is 2.41. The second-order valence-corrected chi connectivity index (χ2v) is 5.97. The Kier molecular flexibility index (Phi) is 4.04. The van der Waals surface area contributed by atoms with Gasteiger partial charge in [-0.1, -0.05) is 26.2 Å². The van der Waals surface area contributed by atoms with Crippen molar-refractivity contribution in [2.24, 2.45) is 5.41 Å². The number of aromatic nitrogens is 2. The third kappa shape index (κ3) is 3.04. The van der Waals surface area contributed by atoms with E-state index in [1.807, 2.05) is 13.8 Å². The normalized spacial score (nSPS) is 17.8. The van der Waals surface area contributed by atoms with Crippen LogP contribution in [0.2, 0.25) is 0 Å². The van der Waals surface area contributed by atoms with Crippen molar-refractivity contribution in [3.8, 4) is 6.07 Å².